The normalized spacial score (nSPS) is 15.7. The van der Waals surface area contributed by atoms with Crippen LogP contribution < -0.4 is 10.6 Å². The summed E-state index contributed by atoms with van der Waals surface area (Å²) in [6, 6.07) is 7.66. The predicted molar refractivity (Wildman–Crippen MR) is 105 cm³/mol. The molecule has 0 bridgehead atoms. The van der Waals surface area contributed by atoms with Crippen LogP contribution in [0.3, 0.4) is 0 Å². The molecule has 0 spiro atoms. The van der Waals surface area contributed by atoms with Crippen molar-refractivity contribution in [2.24, 2.45) is 11.3 Å². The summed E-state index contributed by atoms with van der Waals surface area (Å²) < 4.78 is 5.90. The summed E-state index contributed by atoms with van der Waals surface area (Å²) >= 11 is 1.60. The number of benzene rings is 1. The van der Waals surface area contributed by atoms with E-state index >= 15 is 0 Å². The minimum Gasteiger partial charge on any atom is -0.492 e. The van der Waals surface area contributed by atoms with Crippen LogP contribution in [0, 0.1) is 5.41 Å². The van der Waals surface area contributed by atoms with Gasteiger partial charge in [0, 0.05) is 24.0 Å². The maximum atomic E-state index is 12.1. The molecular weight excluding hydrogens is 348 g/mol. The highest BCUT2D eigenvalue weighted by molar-refractivity contribution is 7.16. The Morgan fingerprint density at radius 3 is 2.81 bits per heavy atom. The second-order valence-corrected chi connectivity index (χ2v) is 8.78. The van der Waals surface area contributed by atoms with E-state index in [0.717, 1.165) is 35.3 Å². The van der Waals surface area contributed by atoms with Crippen LogP contribution in [0.5, 0.6) is 5.75 Å². The Morgan fingerprint density at radius 1 is 1.38 bits per heavy atom. The molecule has 5 nitrogen and oxygen atoms in total. The average Bonchev–Trinajstić information content (AvgIpc) is 2.92. The number of aryl methyl sites for hydroxylation is 1. The van der Waals surface area contributed by atoms with Crippen molar-refractivity contribution in [2.45, 2.75) is 33.1 Å². The summed E-state index contributed by atoms with van der Waals surface area (Å²) in [4.78, 5) is 14.1. The van der Waals surface area contributed by atoms with Crippen LogP contribution in [0.25, 0.3) is 10.4 Å². The quantitative estimate of drug-likeness (QED) is 0.594. The number of hydrogen-bond acceptors (Lipinski definition) is 5. The highest BCUT2D eigenvalue weighted by Crippen LogP contribution is 2.46. The molecular formula is C20H26N2O3S. The molecule has 0 amide bonds. The van der Waals surface area contributed by atoms with Crippen LogP contribution in [0.15, 0.2) is 24.3 Å². The van der Waals surface area contributed by atoms with Gasteiger partial charge in [0.2, 0.25) is 0 Å². The molecule has 6 heteroatoms. The predicted octanol–water partition coefficient (Wildman–Crippen LogP) is 3.81. The van der Waals surface area contributed by atoms with Gasteiger partial charge in [0.25, 0.3) is 0 Å². The summed E-state index contributed by atoms with van der Waals surface area (Å²) in [6.07, 6.45) is 2.83. The molecule has 1 heterocycles. The summed E-state index contributed by atoms with van der Waals surface area (Å²) in [6.45, 7) is 5.46. The van der Waals surface area contributed by atoms with Crippen LogP contribution in [0.2, 0.25) is 0 Å². The first kappa shape index (κ1) is 18.9. The van der Waals surface area contributed by atoms with Crippen molar-refractivity contribution in [1.82, 2.24) is 5.01 Å². The highest BCUT2D eigenvalue weighted by atomic mass is 32.1. The van der Waals surface area contributed by atoms with Crippen LogP contribution in [-0.4, -0.2) is 36.3 Å². The zero-order valence-electron chi connectivity index (χ0n) is 15.5. The summed E-state index contributed by atoms with van der Waals surface area (Å²) in [5, 5.41) is 11.5. The molecule has 140 valence electrons. The van der Waals surface area contributed by atoms with E-state index in [9.17, 15) is 9.90 Å². The molecule has 0 aliphatic heterocycles. The molecule has 1 aromatic carbocycles. The van der Waals surface area contributed by atoms with Gasteiger partial charge in [0.1, 0.15) is 12.4 Å². The van der Waals surface area contributed by atoms with Gasteiger partial charge in [-0.2, -0.15) is 0 Å². The number of thiophene rings is 1. The third kappa shape index (κ3) is 3.92. The smallest absolute Gasteiger partial charge is 0.337 e. The van der Waals surface area contributed by atoms with Gasteiger partial charge >= 0.3 is 5.97 Å². The molecule has 26 heavy (non-hydrogen) atoms. The minimum absolute atomic E-state index is 0.136. The number of aromatic carboxylic acids is 1. The van der Waals surface area contributed by atoms with E-state index in [1.54, 1.807) is 23.4 Å². The van der Waals surface area contributed by atoms with Crippen molar-refractivity contribution in [3.8, 4) is 16.2 Å². The van der Waals surface area contributed by atoms with Crippen LogP contribution in [0.4, 0.5) is 0 Å². The number of hydrogen-bond donors (Lipinski definition) is 2. The van der Waals surface area contributed by atoms with Gasteiger partial charge in [0.15, 0.2) is 0 Å². The lowest BCUT2D eigenvalue weighted by Gasteiger charge is -2.29. The molecule has 1 aliphatic carbocycles. The van der Waals surface area contributed by atoms with E-state index in [-0.39, 0.29) is 5.41 Å². The largest absolute Gasteiger partial charge is 0.492 e. The molecule has 0 atom stereocenters. The standard InChI is InChI=1S/C20H26N2O3S/c1-20(2)9-8-16-14(12-20)17(19(23)24)18(26-16)13-6-4-5-7-15(13)25-11-10-22(3)21/h4-7H,8-12,21H2,1-3H3,(H,23,24). The molecule has 2 aromatic rings. The minimum atomic E-state index is -0.855. The number of likely N-dealkylation sites (N-methyl/N-ethyl adjacent to an activating group) is 1. The van der Waals surface area contributed by atoms with Gasteiger partial charge in [-0.25, -0.2) is 9.80 Å². The highest BCUT2D eigenvalue weighted by Gasteiger charge is 2.33. The summed E-state index contributed by atoms with van der Waals surface area (Å²) in [7, 11) is 1.78. The van der Waals surface area contributed by atoms with Crippen molar-refractivity contribution in [3.63, 3.8) is 0 Å². The first-order valence-electron chi connectivity index (χ1n) is 8.84. The Kier molecular flexibility index (Phi) is 5.37. The summed E-state index contributed by atoms with van der Waals surface area (Å²) in [5.74, 6) is 5.49. The van der Waals surface area contributed by atoms with Gasteiger partial charge < -0.3 is 9.84 Å². The molecule has 0 unspecified atom stereocenters. The van der Waals surface area contributed by atoms with Gasteiger partial charge in [0.05, 0.1) is 10.4 Å². The number of rotatable bonds is 6. The maximum absolute atomic E-state index is 12.1. The van der Waals surface area contributed by atoms with E-state index in [2.05, 4.69) is 13.8 Å². The number of ether oxygens (including phenoxy) is 1. The first-order valence-corrected chi connectivity index (χ1v) is 9.66. The van der Waals surface area contributed by atoms with Crippen molar-refractivity contribution in [3.05, 3.63) is 40.3 Å². The number of para-hydroxylation sites is 1. The second kappa shape index (κ2) is 7.39. The molecule has 3 rings (SSSR count). The fraction of sp³-hybridized carbons (Fsp3) is 0.450. The summed E-state index contributed by atoms with van der Waals surface area (Å²) in [5.41, 5.74) is 2.44. The molecule has 0 saturated heterocycles. The lowest BCUT2D eigenvalue weighted by atomic mass is 9.76. The Bertz CT molecular complexity index is 811. The number of carboxylic acids is 1. The Balaban J connectivity index is 2.03. The fourth-order valence-electron chi connectivity index (χ4n) is 3.42. The fourth-order valence-corrected chi connectivity index (χ4v) is 4.75. The zero-order valence-corrected chi connectivity index (χ0v) is 16.4. The number of nitrogens with zero attached hydrogens (tertiary/aromatic N) is 1. The first-order chi connectivity index (χ1) is 12.3. The van der Waals surface area contributed by atoms with Crippen LogP contribution in [-0.2, 0) is 12.8 Å². The Labute approximate surface area is 158 Å². The lowest BCUT2D eigenvalue weighted by molar-refractivity contribution is 0.0696. The third-order valence-electron chi connectivity index (χ3n) is 4.82. The third-order valence-corrected chi connectivity index (χ3v) is 6.15. The Hall–Kier alpha value is -1.89. The van der Waals surface area contributed by atoms with Crippen LogP contribution >= 0.6 is 11.3 Å². The SMILES string of the molecule is CN(N)CCOc1ccccc1-c1sc2c(c1C(=O)O)CC(C)(C)CC2. The molecule has 1 aliphatic rings. The van der Waals surface area contributed by atoms with E-state index in [1.807, 2.05) is 24.3 Å². The number of hydrazine groups is 1. The molecule has 1 aromatic heterocycles. The van der Waals surface area contributed by atoms with Gasteiger partial charge in [-0.05, 0) is 42.4 Å². The number of carbonyl (C=O) groups is 1. The molecule has 0 fully saturated rings. The van der Waals surface area contributed by atoms with Crippen molar-refractivity contribution in [2.75, 3.05) is 20.2 Å². The van der Waals surface area contributed by atoms with Gasteiger partial charge in [-0.15, -0.1) is 11.3 Å². The van der Waals surface area contributed by atoms with Crippen molar-refractivity contribution >= 4 is 17.3 Å². The average molecular weight is 375 g/mol. The number of nitrogens with two attached hydrogens (primary N) is 1. The maximum Gasteiger partial charge on any atom is 0.337 e. The molecule has 0 saturated carbocycles. The van der Waals surface area contributed by atoms with E-state index in [4.69, 9.17) is 10.6 Å². The Morgan fingerprint density at radius 2 is 2.12 bits per heavy atom. The van der Waals surface area contributed by atoms with Crippen molar-refractivity contribution in [1.29, 1.82) is 0 Å². The number of fused-ring (bicyclic) bond motifs is 1. The van der Waals surface area contributed by atoms with Crippen LogP contribution in [0.1, 0.15) is 41.1 Å². The van der Waals surface area contributed by atoms with E-state index in [0.29, 0.717) is 24.5 Å². The van der Waals surface area contributed by atoms with Gasteiger partial charge in [-0.1, -0.05) is 26.0 Å². The lowest BCUT2D eigenvalue weighted by Crippen LogP contribution is -2.30. The molecule has 0 radical (unpaired) electrons. The zero-order chi connectivity index (χ0) is 18.9. The monoisotopic (exact) mass is 374 g/mol. The van der Waals surface area contributed by atoms with Crippen molar-refractivity contribution < 1.29 is 14.6 Å². The number of carboxylic acid groups (broad SMARTS) is 1. The van der Waals surface area contributed by atoms with E-state index < -0.39 is 5.97 Å². The topological polar surface area (TPSA) is 75.8 Å². The van der Waals surface area contributed by atoms with E-state index in [1.165, 1.54) is 4.88 Å². The second-order valence-electron chi connectivity index (χ2n) is 7.68. The van der Waals surface area contributed by atoms with Gasteiger partial charge in [-0.3, -0.25) is 5.84 Å². The molecule has 3 N–H and O–H groups in total.